The second-order valence-electron chi connectivity index (χ2n) is 7.55. The molecule has 0 radical (unpaired) electrons. The largest absolute Gasteiger partial charge is 0.490 e. The van der Waals surface area contributed by atoms with Crippen LogP contribution >= 0.6 is 11.8 Å². The minimum Gasteiger partial charge on any atom is -0.490 e. The van der Waals surface area contributed by atoms with Crippen LogP contribution in [0.2, 0.25) is 0 Å². The molecule has 0 spiro atoms. The Kier molecular flexibility index (Phi) is 9.46. The molecule has 0 atom stereocenters. The molecular weight excluding hydrogens is 460 g/mol. The first-order valence-electron chi connectivity index (χ1n) is 11.2. The number of aryl methyl sites for hydroxylation is 1. The predicted molar refractivity (Wildman–Crippen MR) is 132 cm³/mol. The molecule has 9 heteroatoms. The van der Waals surface area contributed by atoms with Crippen LogP contribution < -0.4 is 9.47 Å². The van der Waals surface area contributed by atoms with E-state index in [4.69, 9.17) is 9.47 Å². The van der Waals surface area contributed by atoms with Crippen molar-refractivity contribution in [3.8, 4) is 11.5 Å². The van der Waals surface area contributed by atoms with Gasteiger partial charge in [0.2, 0.25) is 15.9 Å². The van der Waals surface area contributed by atoms with Gasteiger partial charge in [-0.15, -0.1) is 0 Å². The number of amides is 1. The molecular formula is C24H32N2O5S2. The van der Waals surface area contributed by atoms with Crippen molar-refractivity contribution in [2.75, 3.05) is 50.9 Å². The summed E-state index contributed by atoms with van der Waals surface area (Å²) in [7, 11) is -3.68. The van der Waals surface area contributed by atoms with E-state index in [-0.39, 0.29) is 23.9 Å². The number of sulfonamides is 1. The zero-order chi connectivity index (χ0) is 23.7. The Labute approximate surface area is 201 Å². The number of nitrogens with zero attached hydrogens (tertiary/aromatic N) is 2. The van der Waals surface area contributed by atoms with Crippen LogP contribution in [-0.2, 0) is 21.2 Å². The van der Waals surface area contributed by atoms with Crippen LogP contribution in [0, 0.1) is 0 Å². The van der Waals surface area contributed by atoms with Gasteiger partial charge in [-0.05, 0) is 43.7 Å². The fraction of sp³-hybridized carbons (Fsp3) is 0.458. The van der Waals surface area contributed by atoms with Crippen molar-refractivity contribution in [2.24, 2.45) is 0 Å². The van der Waals surface area contributed by atoms with Gasteiger partial charge in [-0.25, -0.2) is 8.42 Å². The molecule has 180 valence electrons. The molecule has 0 bridgehead atoms. The van der Waals surface area contributed by atoms with Gasteiger partial charge in [0, 0.05) is 32.2 Å². The Morgan fingerprint density at radius 2 is 1.61 bits per heavy atom. The molecule has 1 heterocycles. The monoisotopic (exact) mass is 492 g/mol. The highest BCUT2D eigenvalue weighted by atomic mass is 32.2. The van der Waals surface area contributed by atoms with Crippen LogP contribution in [0.3, 0.4) is 0 Å². The smallest absolute Gasteiger partial charge is 0.243 e. The molecule has 3 rings (SSSR count). The number of hydrogen-bond donors (Lipinski definition) is 0. The Hall–Kier alpha value is -2.23. The summed E-state index contributed by atoms with van der Waals surface area (Å²) in [6.07, 6.45) is 0.927. The Balaban J connectivity index is 1.52. The highest BCUT2D eigenvalue weighted by molar-refractivity contribution is 7.99. The first-order chi connectivity index (χ1) is 16.0. The van der Waals surface area contributed by atoms with E-state index >= 15 is 0 Å². The van der Waals surface area contributed by atoms with Gasteiger partial charge in [-0.1, -0.05) is 30.3 Å². The van der Waals surface area contributed by atoms with Crippen LogP contribution in [0.5, 0.6) is 11.5 Å². The minimum atomic E-state index is -3.68. The molecule has 0 aromatic heterocycles. The Morgan fingerprint density at radius 1 is 0.939 bits per heavy atom. The summed E-state index contributed by atoms with van der Waals surface area (Å²) in [5, 5.41) is 0. The topological polar surface area (TPSA) is 76.2 Å². The van der Waals surface area contributed by atoms with Crippen LogP contribution in [0.15, 0.2) is 53.4 Å². The van der Waals surface area contributed by atoms with E-state index in [1.165, 1.54) is 15.9 Å². The molecule has 0 saturated carbocycles. The quantitative estimate of drug-likeness (QED) is 0.448. The predicted octanol–water partition coefficient (Wildman–Crippen LogP) is 3.29. The fourth-order valence-electron chi connectivity index (χ4n) is 3.60. The minimum absolute atomic E-state index is 0.0600. The lowest BCUT2D eigenvalue weighted by atomic mass is 10.2. The standard InChI is InChI=1S/C24H32N2O5S2/c1-3-30-22-11-10-21(18-23(22)31-4-2)33(28,29)26-15-13-25(14-16-26)24(27)19-32-17-12-20-8-6-5-7-9-20/h5-11,18H,3-4,12-17,19H2,1-2H3. The molecule has 2 aromatic carbocycles. The first-order valence-corrected chi connectivity index (χ1v) is 13.8. The van der Waals surface area contributed by atoms with Crippen molar-refractivity contribution in [1.29, 1.82) is 0 Å². The maximum Gasteiger partial charge on any atom is 0.243 e. The van der Waals surface area contributed by atoms with Crippen molar-refractivity contribution in [3.05, 3.63) is 54.1 Å². The molecule has 1 amide bonds. The number of benzene rings is 2. The van der Waals surface area contributed by atoms with Gasteiger partial charge in [0.15, 0.2) is 11.5 Å². The second-order valence-corrected chi connectivity index (χ2v) is 10.6. The molecule has 0 aliphatic carbocycles. The SMILES string of the molecule is CCOc1ccc(S(=O)(=O)N2CCN(C(=O)CSCCc3ccccc3)CC2)cc1OCC. The van der Waals surface area contributed by atoms with Gasteiger partial charge in [0.1, 0.15) is 0 Å². The van der Waals surface area contributed by atoms with Crippen LogP contribution in [-0.4, -0.2) is 74.4 Å². The average molecular weight is 493 g/mol. The van der Waals surface area contributed by atoms with Crippen molar-refractivity contribution in [2.45, 2.75) is 25.2 Å². The molecule has 0 unspecified atom stereocenters. The number of hydrogen-bond acceptors (Lipinski definition) is 6. The van der Waals surface area contributed by atoms with Gasteiger partial charge >= 0.3 is 0 Å². The Bertz CT molecular complexity index is 1010. The summed E-state index contributed by atoms with van der Waals surface area (Å²) in [5.41, 5.74) is 1.26. The lowest BCUT2D eigenvalue weighted by molar-refractivity contribution is -0.129. The third-order valence-corrected chi connectivity index (χ3v) is 8.19. The normalized spacial score (nSPS) is 14.8. The van der Waals surface area contributed by atoms with Crippen molar-refractivity contribution >= 4 is 27.7 Å². The maximum absolute atomic E-state index is 13.2. The molecule has 33 heavy (non-hydrogen) atoms. The van der Waals surface area contributed by atoms with Gasteiger partial charge in [0.25, 0.3) is 0 Å². The van der Waals surface area contributed by atoms with E-state index in [1.807, 2.05) is 32.0 Å². The van der Waals surface area contributed by atoms with Gasteiger partial charge < -0.3 is 14.4 Å². The number of carbonyl (C=O) groups is 1. The third-order valence-electron chi connectivity index (χ3n) is 5.35. The summed E-state index contributed by atoms with van der Waals surface area (Å²) in [5.74, 6) is 2.30. The fourth-order valence-corrected chi connectivity index (χ4v) is 5.92. The molecule has 2 aromatic rings. The Morgan fingerprint density at radius 3 is 2.27 bits per heavy atom. The number of carbonyl (C=O) groups excluding carboxylic acids is 1. The van der Waals surface area contributed by atoms with E-state index in [1.54, 1.807) is 28.8 Å². The number of ether oxygens (including phenoxy) is 2. The van der Waals surface area contributed by atoms with Crippen LogP contribution in [0.4, 0.5) is 0 Å². The highest BCUT2D eigenvalue weighted by Crippen LogP contribution is 2.31. The molecule has 7 nitrogen and oxygen atoms in total. The first kappa shape index (κ1) is 25.4. The highest BCUT2D eigenvalue weighted by Gasteiger charge is 2.30. The van der Waals surface area contributed by atoms with Crippen molar-refractivity contribution < 1.29 is 22.7 Å². The van der Waals surface area contributed by atoms with Gasteiger partial charge in [-0.2, -0.15) is 16.1 Å². The van der Waals surface area contributed by atoms with E-state index in [0.717, 1.165) is 12.2 Å². The van der Waals surface area contributed by atoms with E-state index in [0.29, 0.717) is 43.6 Å². The van der Waals surface area contributed by atoms with E-state index in [2.05, 4.69) is 12.1 Å². The zero-order valence-corrected chi connectivity index (χ0v) is 20.9. The van der Waals surface area contributed by atoms with Crippen molar-refractivity contribution in [1.82, 2.24) is 9.21 Å². The lowest BCUT2D eigenvalue weighted by Crippen LogP contribution is -2.51. The number of thioether (sulfide) groups is 1. The average Bonchev–Trinajstić information content (AvgIpc) is 2.84. The van der Waals surface area contributed by atoms with Crippen LogP contribution in [0.25, 0.3) is 0 Å². The zero-order valence-electron chi connectivity index (χ0n) is 19.2. The van der Waals surface area contributed by atoms with E-state index < -0.39 is 10.0 Å². The number of rotatable bonds is 11. The lowest BCUT2D eigenvalue weighted by Gasteiger charge is -2.34. The molecule has 1 aliphatic heterocycles. The summed E-state index contributed by atoms with van der Waals surface area (Å²) in [4.78, 5) is 14.5. The molecule has 1 fully saturated rings. The third kappa shape index (κ3) is 6.88. The summed E-state index contributed by atoms with van der Waals surface area (Å²) < 4.78 is 38.9. The van der Waals surface area contributed by atoms with Gasteiger partial charge in [0.05, 0.1) is 23.9 Å². The van der Waals surface area contributed by atoms with Crippen molar-refractivity contribution in [3.63, 3.8) is 0 Å². The summed E-state index contributed by atoms with van der Waals surface area (Å²) in [6.45, 7) is 5.93. The van der Waals surface area contributed by atoms with E-state index in [9.17, 15) is 13.2 Å². The second kappa shape index (κ2) is 12.3. The maximum atomic E-state index is 13.2. The molecule has 1 aliphatic rings. The van der Waals surface area contributed by atoms with Gasteiger partial charge in [-0.3, -0.25) is 4.79 Å². The summed E-state index contributed by atoms with van der Waals surface area (Å²) in [6, 6.07) is 14.9. The number of piperazine rings is 1. The summed E-state index contributed by atoms with van der Waals surface area (Å²) >= 11 is 1.62. The molecule has 1 saturated heterocycles. The molecule has 0 N–H and O–H groups in total. The van der Waals surface area contributed by atoms with Crippen LogP contribution in [0.1, 0.15) is 19.4 Å².